The molecule has 5 rings (SSSR count). The van der Waals surface area contributed by atoms with Crippen molar-refractivity contribution in [1.29, 1.82) is 0 Å². The molecule has 3 heterocycles. The number of halogens is 1. The monoisotopic (exact) mass is 417 g/mol. The Kier molecular flexibility index (Phi) is 5.16. The van der Waals surface area contributed by atoms with Crippen LogP contribution in [0.3, 0.4) is 0 Å². The molecular weight excluding hydrogens is 393 g/mol. The standard InChI is InChI=1S/C25H24FN3O2/c26-17-8-10-22-19(14-17)21(15-27-22)23-6-2-4-12-29(23)11-3-1-5-16-7-9-18-20(13-16)25(31)28-24(18)30/h2,4,7-10,13-15,23,27H,1,3,5-6,11-12H2,(H,28,30,31). The van der Waals surface area contributed by atoms with Gasteiger partial charge in [0.2, 0.25) is 0 Å². The van der Waals surface area contributed by atoms with Gasteiger partial charge in [-0.2, -0.15) is 0 Å². The van der Waals surface area contributed by atoms with E-state index in [2.05, 4.69) is 27.4 Å². The maximum absolute atomic E-state index is 13.8. The van der Waals surface area contributed by atoms with Crippen molar-refractivity contribution in [3.63, 3.8) is 0 Å². The van der Waals surface area contributed by atoms with Crippen LogP contribution in [0.1, 0.15) is 57.1 Å². The number of unbranched alkanes of at least 4 members (excludes halogenated alkanes) is 1. The second kappa shape index (κ2) is 8.12. The number of H-pyrrole nitrogens is 1. The molecule has 31 heavy (non-hydrogen) atoms. The fraction of sp³-hybridized carbons (Fsp3) is 0.280. The van der Waals surface area contributed by atoms with E-state index >= 15 is 0 Å². The lowest BCUT2D eigenvalue weighted by atomic mass is 9.97. The first-order valence-corrected chi connectivity index (χ1v) is 10.7. The Morgan fingerprint density at radius 2 is 1.87 bits per heavy atom. The van der Waals surface area contributed by atoms with Gasteiger partial charge >= 0.3 is 0 Å². The third-order valence-corrected chi connectivity index (χ3v) is 6.30. The topological polar surface area (TPSA) is 65.2 Å². The largest absolute Gasteiger partial charge is 0.361 e. The molecule has 2 amide bonds. The average Bonchev–Trinajstić information content (AvgIpc) is 3.31. The lowest BCUT2D eigenvalue weighted by Gasteiger charge is -2.33. The molecule has 2 aliphatic rings. The Labute approximate surface area is 179 Å². The van der Waals surface area contributed by atoms with E-state index in [9.17, 15) is 14.0 Å². The van der Waals surface area contributed by atoms with Crippen molar-refractivity contribution >= 4 is 22.7 Å². The molecule has 2 N–H and O–H groups in total. The van der Waals surface area contributed by atoms with E-state index in [1.54, 1.807) is 18.2 Å². The summed E-state index contributed by atoms with van der Waals surface area (Å²) in [6.07, 6.45) is 10.2. The highest BCUT2D eigenvalue weighted by Crippen LogP contribution is 2.33. The number of hydrogen-bond acceptors (Lipinski definition) is 3. The van der Waals surface area contributed by atoms with Gasteiger partial charge in [0.1, 0.15) is 5.82 Å². The summed E-state index contributed by atoms with van der Waals surface area (Å²) in [5, 5.41) is 3.29. The van der Waals surface area contributed by atoms with Crippen LogP contribution in [0.2, 0.25) is 0 Å². The summed E-state index contributed by atoms with van der Waals surface area (Å²) >= 11 is 0. The average molecular weight is 417 g/mol. The molecule has 0 fully saturated rings. The molecule has 2 aliphatic heterocycles. The Hall–Kier alpha value is -3.25. The van der Waals surface area contributed by atoms with Crippen LogP contribution in [0.25, 0.3) is 10.9 Å². The van der Waals surface area contributed by atoms with Crippen molar-refractivity contribution in [2.45, 2.75) is 31.7 Å². The van der Waals surface area contributed by atoms with E-state index in [0.717, 1.165) is 60.8 Å². The van der Waals surface area contributed by atoms with Gasteiger partial charge in [0.05, 0.1) is 11.1 Å². The number of benzene rings is 2. The molecule has 0 saturated carbocycles. The summed E-state index contributed by atoms with van der Waals surface area (Å²) < 4.78 is 13.8. The van der Waals surface area contributed by atoms with Gasteiger partial charge in [-0.05, 0) is 73.7 Å². The van der Waals surface area contributed by atoms with Crippen LogP contribution in [0, 0.1) is 5.82 Å². The number of imide groups is 1. The van der Waals surface area contributed by atoms with Crippen molar-refractivity contribution in [2.75, 3.05) is 13.1 Å². The third-order valence-electron chi connectivity index (χ3n) is 6.30. The summed E-state index contributed by atoms with van der Waals surface area (Å²) in [4.78, 5) is 29.3. The van der Waals surface area contributed by atoms with Gasteiger partial charge < -0.3 is 4.98 Å². The Morgan fingerprint density at radius 3 is 2.77 bits per heavy atom. The van der Waals surface area contributed by atoms with Gasteiger partial charge in [-0.25, -0.2) is 4.39 Å². The first kappa shape index (κ1) is 19.7. The van der Waals surface area contributed by atoms with Crippen molar-refractivity contribution in [3.8, 4) is 0 Å². The first-order chi connectivity index (χ1) is 15.1. The van der Waals surface area contributed by atoms with Crippen LogP contribution in [-0.4, -0.2) is 34.8 Å². The van der Waals surface area contributed by atoms with Crippen LogP contribution in [0.15, 0.2) is 54.7 Å². The number of carbonyl (C=O) groups excluding carboxylic acids is 2. The van der Waals surface area contributed by atoms with Gasteiger partial charge in [0.25, 0.3) is 11.8 Å². The molecule has 1 atom stereocenters. The predicted octanol–water partition coefficient (Wildman–Crippen LogP) is 4.52. The minimum atomic E-state index is -0.312. The number of rotatable bonds is 6. The number of fused-ring (bicyclic) bond motifs is 2. The molecule has 6 heteroatoms. The maximum atomic E-state index is 13.8. The summed E-state index contributed by atoms with van der Waals surface area (Å²) in [5.74, 6) is -0.830. The highest BCUT2D eigenvalue weighted by molar-refractivity contribution is 6.21. The van der Waals surface area contributed by atoms with Crippen LogP contribution in [-0.2, 0) is 6.42 Å². The quantitative estimate of drug-likeness (QED) is 0.352. The molecule has 1 aromatic heterocycles. The summed E-state index contributed by atoms with van der Waals surface area (Å²) in [6, 6.07) is 10.6. The zero-order valence-corrected chi connectivity index (χ0v) is 17.2. The second-order valence-electron chi connectivity index (χ2n) is 8.27. The molecular formula is C25H24FN3O2. The zero-order chi connectivity index (χ0) is 21.4. The zero-order valence-electron chi connectivity index (χ0n) is 17.2. The van der Waals surface area contributed by atoms with E-state index in [1.165, 1.54) is 6.07 Å². The van der Waals surface area contributed by atoms with Crippen molar-refractivity contribution in [2.24, 2.45) is 0 Å². The minimum Gasteiger partial charge on any atom is -0.361 e. The minimum absolute atomic E-state index is 0.212. The highest BCUT2D eigenvalue weighted by atomic mass is 19.1. The smallest absolute Gasteiger partial charge is 0.258 e. The second-order valence-corrected chi connectivity index (χ2v) is 8.27. The maximum Gasteiger partial charge on any atom is 0.258 e. The number of amides is 2. The molecule has 158 valence electrons. The van der Waals surface area contributed by atoms with E-state index in [1.807, 2.05) is 18.3 Å². The first-order valence-electron chi connectivity index (χ1n) is 10.7. The van der Waals surface area contributed by atoms with Crippen LogP contribution >= 0.6 is 0 Å². The number of aromatic amines is 1. The third kappa shape index (κ3) is 3.79. The summed E-state index contributed by atoms with van der Waals surface area (Å²) in [5.41, 5.74) is 4.13. The fourth-order valence-corrected chi connectivity index (χ4v) is 4.69. The van der Waals surface area contributed by atoms with E-state index in [4.69, 9.17) is 0 Å². The molecule has 0 spiro atoms. The van der Waals surface area contributed by atoms with Crippen LogP contribution in [0.4, 0.5) is 4.39 Å². The van der Waals surface area contributed by atoms with Gasteiger partial charge in [-0.15, -0.1) is 0 Å². The van der Waals surface area contributed by atoms with E-state index < -0.39 is 0 Å². The van der Waals surface area contributed by atoms with Gasteiger partial charge in [-0.1, -0.05) is 18.2 Å². The molecule has 0 saturated heterocycles. The predicted molar refractivity (Wildman–Crippen MR) is 118 cm³/mol. The molecule has 5 nitrogen and oxygen atoms in total. The van der Waals surface area contributed by atoms with Gasteiger partial charge in [0, 0.05) is 29.7 Å². The Morgan fingerprint density at radius 1 is 1.00 bits per heavy atom. The number of aryl methyl sites for hydroxylation is 1. The lowest BCUT2D eigenvalue weighted by Crippen LogP contribution is -2.32. The normalized spacial score (nSPS) is 18.5. The van der Waals surface area contributed by atoms with Gasteiger partial charge in [0.15, 0.2) is 0 Å². The molecule has 0 radical (unpaired) electrons. The van der Waals surface area contributed by atoms with Crippen LogP contribution in [0.5, 0.6) is 0 Å². The van der Waals surface area contributed by atoms with E-state index in [0.29, 0.717) is 11.1 Å². The molecule has 0 bridgehead atoms. The van der Waals surface area contributed by atoms with E-state index in [-0.39, 0.29) is 23.7 Å². The molecule has 2 aromatic carbocycles. The molecule has 3 aromatic rings. The highest BCUT2D eigenvalue weighted by Gasteiger charge is 2.27. The van der Waals surface area contributed by atoms with Crippen molar-refractivity contribution in [1.82, 2.24) is 15.2 Å². The molecule has 1 unspecified atom stereocenters. The number of hydrogen-bond donors (Lipinski definition) is 2. The number of nitrogens with one attached hydrogen (secondary N) is 2. The Bertz CT molecular complexity index is 1200. The van der Waals surface area contributed by atoms with Gasteiger partial charge in [-0.3, -0.25) is 19.8 Å². The number of carbonyl (C=O) groups is 2. The number of nitrogens with zero attached hydrogens (tertiary/aromatic N) is 1. The summed E-state index contributed by atoms with van der Waals surface area (Å²) in [7, 11) is 0. The SMILES string of the molecule is O=C1NC(=O)c2cc(CCCCN3CC=CCC3c3c[nH]c4ccc(F)cc34)ccc21. The number of aromatic nitrogens is 1. The fourth-order valence-electron chi connectivity index (χ4n) is 4.69. The van der Waals surface area contributed by atoms with Crippen molar-refractivity contribution in [3.05, 3.63) is 82.8 Å². The van der Waals surface area contributed by atoms with Crippen LogP contribution < -0.4 is 5.32 Å². The summed E-state index contributed by atoms with van der Waals surface area (Å²) in [6.45, 7) is 1.83. The Balaban J connectivity index is 1.23. The van der Waals surface area contributed by atoms with Crippen molar-refractivity contribution < 1.29 is 14.0 Å². The molecule has 0 aliphatic carbocycles. The lowest BCUT2D eigenvalue weighted by molar-refractivity contribution is 0.0879.